The van der Waals surface area contributed by atoms with Crippen LogP contribution in [0.4, 0.5) is 22.9 Å². The fourth-order valence-corrected chi connectivity index (χ4v) is 3.71. The summed E-state index contributed by atoms with van der Waals surface area (Å²) in [6, 6.07) is 12.4. The standard InChI is InChI=1S/C12H10Cl2N4O.C12H15N3O2/c1-15-11(19)7-4-2-3-5-9(7)17-10-8(13)6-16-12(14)18-10;1-8(16)15-5-4-12(17)14-7-9-6-10(13)2-3-11(9)15/h2-6H,1H3,(H,15,19)(H,16,17,18);2-3,6H,4-5,7,13H2,1H3,(H,14,17). The maximum Gasteiger partial charge on any atom is 0.253 e. The number of nitrogen functional groups attached to an aromatic ring is 1. The van der Waals surface area contributed by atoms with Gasteiger partial charge in [0.15, 0.2) is 5.82 Å². The summed E-state index contributed by atoms with van der Waals surface area (Å²) in [6.45, 7) is 2.31. The second-order valence-electron chi connectivity index (χ2n) is 7.67. The molecule has 0 radical (unpaired) electrons. The molecule has 3 aromatic rings. The number of halogens is 2. The molecule has 0 fully saturated rings. The van der Waals surface area contributed by atoms with Gasteiger partial charge in [0.25, 0.3) is 5.91 Å². The van der Waals surface area contributed by atoms with Gasteiger partial charge < -0.3 is 26.6 Å². The third kappa shape index (κ3) is 6.83. The zero-order valence-corrected chi connectivity index (χ0v) is 21.2. The van der Waals surface area contributed by atoms with Crippen molar-refractivity contribution in [3.8, 4) is 0 Å². The van der Waals surface area contributed by atoms with E-state index in [-0.39, 0.29) is 23.0 Å². The van der Waals surface area contributed by atoms with Gasteiger partial charge in [-0.3, -0.25) is 14.4 Å². The van der Waals surface area contributed by atoms with E-state index >= 15 is 0 Å². The number of anilines is 4. The van der Waals surface area contributed by atoms with Gasteiger partial charge in [0.1, 0.15) is 5.02 Å². The van der Waals surface area contributed by atoms with Crippen LogP contribution >= 0.6 is 23.2 Å². The first-order chi connectivity index (χ1) is 17.2. The number of nitrogens with two attached hydrogens (primary N) is 1. The number of benzene rings is 2. The second kappa shape index (κ2) is 12.2. The van der Waals surface area contributed by atoms with Crippen LogP contribution in [0.25, 0.3) is 0 Å². The predicted molar refractivity (Wildman–Crippen MR) is 141 cm³/mol. The summed E-state index contributed by atoms with van der Waals surface area (Å²) in [5, 5.41) is 8.72. The number of nitrogens with one attached hydrogen (secondary N) is 3. The van der Waals surface area contributed by atoms with Crippen molar-refractivity contribution in [3.63, 3.8) is 0 Å². The van der Waals surface area contributed by atoms with Crippen LogP contribution < -0.4 is 26.6 Å². The average Bonchev–Trinajstić information content (AvgIpc) is 2.85. The number of rotatable bonds is 3. The van der Waals surface area contributed by atoms with Crippen LogP contribution in [0.5, 0.6) is 0 Å². The fraction of sp³-hybridized carbons (Fsp3) is 0.208. The summed E-state index contributed by atoms with van der Waals surface area (Å²) < 4.78 is 0. The molecule has 2 heterocycles. The minimum Gasteiger partial charge on any atom is -0.399 e. The van der Waals surface area contributed by atoms with Crippen LogP contribution in [0.3, 0.4) is 0 Å². The molecule has 0 bridgehead atoms. The Morgan fingerprint density at radius 3 is 2.64 bits per heavy atom. The first kappa shape index (κ1) is 26.7. The van der Waals surface area contributed by atoms with E-state index < -0.39 is 0 Å². The van der Waals surface area contributed by atoms with Crippen molar-refractivity contribution in [2.45, 2.75) is 19.9 Å². The van der Waals surface area contributed by atoms with Crippen LogP contribution in [-0.2, 0) is 16.1 Å². The van der Waals surface area contributed by atoms with Gasteiger partial charge in [-0.05, 0) is 47.5 Å². The van der Waals surface area contributed by atoms with Crippen molar-refractivity contribution in [1.29, 1.82) is 0 Å². The molecule has 0 saturated heterocycles. The molecule has 2 aromatic carbocycles. The smallest absolute Gasteiger partial charge is 0.253 e. The number of carbonyl (C=O) groups is 3. The number of aromatic nitrogens is 2. The van der Waals surface area contributed by atoms with Crippen molar-refractivity contribution in [3.05, 3.63) is 70.1 Å². The Bertz CT molecular complexity index is 1290. The summed E-state index contributed by atoms with van der Waals surface area (Å²) in [4.78, 5) is 44.1. The number of nitrogens with zero attached hydrogens (tertiary/aromatic N) is 3. The van der Waals surface area contributed by atoms with Gasteiger partial charge in [-0.25, -0.2) is 4.98 Å². The lowest BCUT2D eigenvalue weighted by Gasteiger charge is -2.26. The highest BCUT2D eigenvalue weighted by molar-refractivity contribution is 6.33. The quantitative estimate of drug-likeness (QED) is 0.300. The van der Waals surface area contributed by atoms with E-state index in [0.717, 1.165) is 11.3 Å². The Morgan fingerprint density at radius 2 is 1.92 bits per heavy atom. The highest BCUT2D eigenvalue weighted by Gasteiger charge is 2.19. The zero-order valence-electron chi connectivity index (χ0n) is 19.6. The maximum atomic E-state index is 11.7. The summed E-state index contributed by atoms with van der Waals surface area (Å²) in [5.41, 5.74) is 9.10. The monoisotopic (exact) mass is 529 g/mol. The van der Waals surface area contributed by atoms with Crippen molar-refractivity contribution in [2.24, 2.45) is 0 Å². The Kier molecular flexibility index (Phi) is 9.04. The van der Waals surface area contributed by atoms with E-state index in [1.165, 1.54) is 13.1 Å². The lowest BCUT2D eigenvalue weighted by atomic mass is 10.1. The Morgan fingerprint density at radius 1 is 1.17 bits per heavy atom. The van der Waals surface area contributed by atoms with E-state index in [9.17, 15) is 14.4 Å². The molecule has 0 unspecified atom stereocenters. The van der Waals surface area contributed by atoms with Crippen molar-refractivity contribution in [2.75, 3.05) is 29.5 Å². The molecular weight excluding hydrogens is 505 g/mol. The molecular formula is C24H25Cl2N7O3. The molecule has 0 saturated carbocycles. The SMILES string of the molecule is CC(=O)N1CCC(=O)NCc2cc(N)ccc21.CNC(=O)c1ccccc1Nc1nc(Cl)ncc1Cl. The first-order valence-electron chi connectivity index (χ1n) is 10.9. The molecule has 10 nitrogen and oxygen atoms in total. The Balaban J connectivity index is 0.000000202. The molecule has 36 heavy (non-hydrogen) atoms. The van der Waals surface area contributed by atoms with Crippen LogP contribution in [0.2, 0.25) is 10.3 Å². The lowest BCUT2D eigenvalue weighted by molar-refractivity contribution is -0.121. The largest absolute Gasteiger partial charge is 0.399 e. The van der Waals surface area contributed by atoms with E-state index in [2.05, 4.69) is 25.9 Å². The minimum atomic E-state index is -0.209. The number of hydrogen-bond donors (Lipinski definition) is 4. The lowest BCUT2D eigenvalue weighted by Crippen LogP contribution is -2.37. The van der Waals surface area contributed by atoms with Gasteiger partial charge in [0.2, 0.25) is 17.1 Å². The number of para-hydroxylation sites is 1. The molecule has 0 atom stereocenters. The number of amides is 3. The maximum absolute atomic E-state index is 11.7. The van der Waals surface area contributed by atoms with Gasteiger partial charge >= 0.3 is 0 Å². The fourth-order valence-electron chi connectivity index (χ4n) is 3.44. The first-order valence-corrected chi connectivity index (χ1v) is 11.6. The molecule has 1 aromatic heterocycles. The number of hydrogen-bond acceptors (Lipinski definition) is 7. The van der Waals surface area contributed by atoms with Gasteiger partial charge in [-0.1, -0.05) is 23.7 Å². The third-order valence-electron chi connectivity index (χ3n) is 5.18. The molecule has 4 rings (SSSR count). The van der Waals surface area contributed by atoms with Crippen LogP contribution in [0.1, 0.15) is 29.3 Å². The summed E-state index contributed by atoms with van der Waals surface area (Å²) in [7, 11) is 1.56. The molecule has 1 aliphatic rings. The second-order valence-corrected chi connectivity index (χ2v) is 8.42. The molecule has 1 aliphatic heterocycles. The highest BCUT2D eigenvalue weighted by atomic mass is 35.5. The molecule has 188 valence electrons. The minimum absolute atomic E-state index is 0.0516. The normalized spacial score (nSPS) is 12.7. The van der Waals surface area contributed by atoms with Crippen molar-refractivity contribution in [1.82, 2.24) is 20.6 Å². The van der Waals surface area contributed by atoms with E-state index in [0.29, 0.717) is 47.3 Å². The van der Waals surface area contributed by atoms with Gasteiger partial charge in [-0.2, -0.15) is 4.98 Å². The molecule has 3 amide bonds. The van der Waals surface area contributed by atoms with Crippen LogP contribution in [-0.4, -0.2) is 41.3 Å². The Labute approximate surface area is 218 Å². The number of carbonyl (C=O) groups excluding carboxylic acids is 3. The van der Waals surface area contributed by atoms with Gasteiger partial charge in [0, 0.05) is 44.9 Å². The van der Waals surface area contributed by atoms with Crippen molar-refractivity contribution < 1.29 is 14.4 Å². The summed E-state index contributed by atoms with van der Waals surface area (Å²) in [6.07, 6.45) is 1.71. The van der Waals surface area contributed by atoms with E-state index in [1.807, 2.05) is 6.07 Å². The molecule has 12 heteroatoms. The topological polar surface area (TPSA) is 142 Å². The molecule has 5 N–H and O–H groups in total. The zero-order chi connectivity index (χ0) is 26.2. The highest BCUT2D eigenvalue weighted by Crippen LogP contribution is 2.26. The number of fused-ring (bicyclic) bond motifs is 1. The van der Waals surface area contributed by atoms with Crippen molar-refractivity contribution >= 4 is 63.8 Å². The third-order valence-corrected chi connectivity index (χ3v) is 5.64. The van der Waals surface area contributed by atoms with Gasteiger partial charge in [0.05, 0.1) is 17.4 Å². The summed E-state index contributed by atoms with van der Waals surface area (Å²) >= 11 is 11.7. The van der Waals surface area contributed by atoms with E-state index in [4.69, 9.17) is 28.9 Å². The van der Waals surface area contributed by atoms with Crippen LogP contribution in [0, 0.1) is 0 Å². The van der Waals surface area contributed by atoms with Crippen LogP contribution in [0.15, 0.2) is 48.7 Å². The van der Waals surface area contributed by atoms with Gasteiger partial charge in [-0.15, -0.1) is 0 Å². The average molecular weight is 530 g/mol. The Hall–Kier alpha value is -3.89. The molecule has 0 spiro atoms. The summed E-state index contributed by atoms with van der Waals surface area (Å²) in [5.74, 6) is 0.0208. The van der Waals surface area contributed by atoms with E-state index in [1.54, 1.807) is 48.3 Å². The predicted octanol–water partition coefficient (Wildman–Crippen LogP) is 3.53. The molecule has 0 aliphatic carbocycles.